The predicted molar refractivity (Wildman–Crippen MR) is 133 cm³/mol. The van der Waals surface area contributed by atoms with Crippen molar-refractivity contribution >= 4 is 64.1 Å². The zero-order valence-corrected chi connectivity index (χ0v) is 21.2. The van der Waals surface area contributed by atoms with Gasteiger partial charge in [-0.2, -0.15) is 0 Å². The number of amides is 2. The Hall–Kier alpha value is -2.26. The molecule has 3 aromatic rings. The maximum Gasteiger partial charge on any atom is 0.251 e. The van der Waals surface area contributed by atoms with Gasteiger partial charge in [0.25, 0.3) is 5.91 Å². The van der Waals surface area contributed by atoms with Crippen molar-refractivity contribution in [2.24, 2.45) is 13.0 Å². The van der Waals surface area contributed by atoms with Gasteiger partial charge in [0.2, 0.25) is 5.91 Å². The number of carbonyl (C=O) groups excluding carboxylic acids is 2. The summed E-state index contributed by atoms with van der Waals surface area (Å²) in [7, 11) is 1.80. The third kappa shape index (κ3) is 6.63. The first-order chi connectivity index (χ1) is 15.7. The Balaban J connectivity index is 1.65. The van der Waals surface area contributed by atoms with Crippen molar-refractivity contribution in [1.29, 1.82) is 0 Å². The largest absolute Gasteiger partial charge is 0.342 e. The molecule has 11 heteroatoms. The molecule has 0 aliphatic heterocycles. The van der Waals surface area contributed by atoms with E-state index in [9.17, 15) is 9.59 Å². The van der Waals surface area contributed by atoms with Gasteiger partial charge in [-0.3, -0.25) is 9.59 Å². The van der Waals surface area contributed by atoms with Gasteiger partial charge in [0.15, 0.2) is 11.0 Å². The molecule has 174 valence electrons. The fourth-order valence-electron chi connectivity index (χ4n) is 2.98. The molecule has 3 rings (SSSR count). The van der Waals surface area contributed by atoms with Crippen LogP contribution >= 0.6 is 46.6 Å². The van der Waals surface area contributed by atoms with Crippen LogP contribution < -0.4 is 10.6 Å². The van der Waals surface area contributed by atoms with E-state index in [1.54, 1.807) is 54.1 Å². The van der Waals surface area contributed by atoms with Crippen LogP contribution in [0.3, 0.4) is 0 Å². The van der Waals surface area contributed by atoms with Crippen LogP contribution in [0, 0.1) is 5.92 Å². The van der Waals surface area contributed by atoms with Gasteiger partial charge in [0, 0.05) is 23.3 Å². The Morgan fingerprint density at radius 1 is 1.03 bits per heavy atom. The summed E-state index contributed by atoms with van der Waals surface area (Å²) in [6, 6.07) is 11.2. The van der Waals surface area contributed by atoms with Crippen LogP contribution in [-0.2, 0) is 11.8 Å². The molecule has 0 saturated heterocycles. The maximum atomic E-state index is 12.7. The van der Waals surface area contributed by atoms with Crippen LogP contribution in [0.5, 0.6) is 0 Å². The fraction of sp³-hybridized carbons (Fsp3) is 0.273. The van der Waals surface area contributed by atoms with Crippen molar-refractivity contribution in [3.8, 4) is 0 Å². The minimum atomic E-state index is -0.370. The van der Waals surface area contributed by atoms with E-state index in [1.807, 2.05) is 13.8 Å². The molecular weight excluding hydrogens is 505 g/mol. The maximum absolute atomic E-state index is 12.7. The second-order valence-electron chi connectivity index (χ2n) is 7.57. The lowest BCUT2D eigenvalue weighted by Gasteiger charge is -2.21. The molecule has 2 N–H and O–H groups in total. The highest BCUT2D eigenvalue weighted by Crippen LogP contribution is 2.26. The van der Waals surface area contributed by atoms with Gasteiger partial charge in [-0.1, -0.05) is 60.4 Å². The number of carbonyl (C=O) groups is 2. The quantitative estimate of drug-likeness (QED) is 0.371. The highest BCUT2D eigenvalue weighted by atomic mass is 35.5. The second kappa shape index (κ2) is 11.2. The summed E-state index contributed by atoms with van der Waals surface area (Å²) in [5.41, 5.74) is 1.05. The standard InChI is InChI=1S/C22H22Cl3N5O2S/c1-12(2)19(27-21(32)13-4-6-14(23)7-5-13)20-28-29-22(30(20)3)33-11-18(31)26-15-8-9-16(24)17(25)10-15/h4-10,12,19H,11H2,1-3H3,(H,26,31)(H,27,32)/t19-/m1/s1. The molecule has 1 aromatic heterocycles. The number of hydrogen-bond donors (Lipinski definition) is 2. The predicted octanol–water partition coefficient (Wildman–Crippen LogP) is 5.63. The number of nitrogens with one attached hydrogen (secondary N) is 2. The van der Waals surface area contributed by atoms with Gasteiger partial charge in [-0.15, -0.1) is 10.2 Å². The van der Waals surface area contributed by atoms with Crippen LogP contribution in [0.15, 0.2) is 47.6 Å². The molecule has 7 nitrogen and oxygen atoms in total. The Bertz CT molecular complexity index is 1150. The van der Waals surface area contributed by atoms with Crippen molar-refractivity contribution < 1.29 is 9.59 Å². The van der Waals surface area contributed by atoms with Gasteiger partial charge >= 0.3 is 0 Å². The van der Waals surface area contributed by atoms with E-state index in [0.717, 1.165) is 0 Å². The third-order valence-electron chi connectivity index (χ3n) is 4.74. The second-order valence-corrected chi connectivity index (χ2v) is 9.76. The number of anilines is 1. The lowest BCUT2D eigenvalue weighted by molar-refractivity contribution is -0.113. The van der Waals surface area contributed by atoms with Crippen molar-refractivity contribution in [2.75, 3.05) is 11.1 Å². The number of hydrogen-bond acceptors (Lipinski definition) is 5. The van der Waals surface area contributed by atoms with Gasteiger partial charge in [0.05, 0.1) is 21.8 Å². The number of aromatic nitrogens is 3. The lowest BCUT2D eigenvalue weighted by atomic mass is 10.0. The van der Waals surface area contributed by atoms with E-state index in [2.05, 4.69) is 20.8 Å². The average molecular weight is 527 g/mol. The third-order valence-corrected chi connectivity index (χ3v) is 6.75. The summed E-state index contributed by atoms with van der Waals surface area (Å²) < 4.78 is 1.78. The van der Waals surface area contributed by atoms with Gasteiger partial charge in [0.1, 0.15) is 0 Å². The van der Waals surface area contributed by atoms with Gasteiger partial charge in [-0.05, 0) is 48.4 Å². The van der Waals surface area contributed by atoms with E-state index < -0.39 is 0 Å². The SMILES string of the molecule is CC(C)[C@@H](NC(=O)c1ccc(Cl)cc1)c1nnc(SCC(=O)Nc2ccc(Cl)c(Cl)c2)n1C. The van der Waals surface area contributed by atoms with Crippen molar-refractivity contribution in [2.45, 2.75) is 25.0 Å². The molecule has 1 atom stereocenters. The highest BCUT2D eigenvalue weighted by molar-refractivity contribution is 7.99. The van der Waals surface area contributed by atoms with Gasteiger partial charge < -0.3 is 15.2 Å². The van der Waals surface area contributed by atoms with Crippen LogP contribution in [0.25, 0.3) is 0 Å². The van der Waals surface area contributed by atoms with E-state index >= 15 is 0 Å². The summed E-state index contributed by atoms with van der Waals surface area (Å²) in [6.07, 6.45) is 0. The number of rotatable bonds is 8. The summed E-state index contributed by atoms with van der Waals surface area (Å²) in [4.78, 5) is 25.0. The number of nitrogens with zero attached hydrogens (tertiary/aromatic N) is 3. The average Bonchev–Trinajstić information content (AvgIpc) is 3.13. The molecule has 33 heavy (non-hydrogen) atoms. The number of halogens is 3. The zero-order valence-electron chi connectivity index (χ0n) is 18.1. The van der Waals surface area contributed by atoms with Crippen molar-refractivity contribution in [3.63, 3.8) is 0 Å². The van der Waals surface area contributed by atoms with Crippen molar-refractivity contribution in [3.05, 3.63) is 68.9 Å². The van der Waals surface area contributed by atoms with Crippen LogP contribution in [0.2, 0.25) is 15.1 Å². The minimum absolute atomic E-state index is 0.0555. The lowest BCUT2D eigenvalue weighted by Crippen LogP contribution is -2.33. The first-order valence-corrected chi connectivity index (χ1v) is 12.1. The number of thioether (sulfide) groups is 1. The van der Waals surface area contributed by atoms with E-state index in [-0.39, 0.29) is 29.5 Å². The Kier molecular flexibility index (Phi) is 8.64. The molecule has 2 amide bonds. The minimum Gasteiger partial charge on any atom is -0.342 e. The van der Waals surface area contributed by atoms with E-state index in [1.165, 1.54) is 11.8 Å². The Morgan fingerprint density at radius 3 is 2.36 bits per heavy atom. The van der Waals surface area contributed by atoms with Crippen LogP contribution in [-0.4, -0.2) is 32.3 Å². The molecular formula is C22H22Cl3N5O2S. The molecule has 1 heterocycles. The Labute approximate surface area is 211 Å². The molecule has 0 bridgehead atoms. The molecule has 0 aliphatic rings. The summed E-state index contributed by atoms with van der Waals surface area (Å²) >= 11 is 19.0. The first-order valence-electron chi connectivity index (χ1n) is 9.99. The molecule has 2 aromatic carbocycles. The zero-order chi connectivity index (χ0) is 24.1. The Morgan fingerprint density at radius 2 is 1.73 bits per heavy atom. The molecule has 0 aliphatic carbocycles. The first kappa shape index (κ1) is 25.4. The molecule has 0 radical (unpaired) electrons. The smallest absolute Gasteiger partial charge is 0.251 e. The van der Waals surface area contributed by atoms with Crippen LogP contribution in [0.1, 0.15) is 36.1 Å². The molecule has 0 saturated carbocycles. The van der Waals surface area contributed by atoms with E-state index in [4.69, 9.17) is 34.8 Å². The summed E-state index contributed by atoms with van der Waals surface area (Å²) in [5, 5.41) is 16.2. The summed E-state index contributed by atoms with van der Waals surface area (Å²) in [5.74, 6) is 0.318. The van der Waals surface area contributed by atoms with E-state index in [0.29, 0.717) is 37.3 Å². The van der Waals surface area contributed by atoms with Crippen molar-refractivity contribution in [1.82, 2.24) is 20.1 Å². The summed E-state index contributed by atoms with van der Waals surface area (Å²) in [6.45, 7) is 3.97. The normalized spacial score (nSPS) is 12.0. The molecule has 0 fully saturated rings. The molecule has 0 spiro atoms. The highest BCUT2D eigenvalue weighted by Gasteiger charge is 2.25. The molecule has 0 unspecified atom stereocenters. The fourth-order valence-corrected chi connectivity index (χ4v) is 4.12. The topological polar surface area (TPSA) is 88.9 Å². The number of benzene rings is 2. The monoisotopic (exact) mass is 525 g/mol. The van der Waals surface area contributed by atoms with Crippen LogP contribution in [0.4, 0.5) is 5.69 Å². The van der Waals surface area contributed by atoms with Gasteiger partial charge in [-0.25, -0.2) is 0 Å².